The molecule has 0 fully saturated rings. The highest BCUT2D eigenvalue weighted by molar-refractivity contribution is 7.92. The molecule has 0 aliphatic carbocycles. The minimum atomic E-state index is -3.96. The van der Waals surface area contributed by atoms with Crippen LogP contribution in [0.2, 0.25) is 5.02 Å². The van der Waals surface area contributed by atoms with Gasteiger partial charge in [-0.3, -0.25) is 9.52 Å². The van der Waals surface area contributed by atoms with Crippen molar-refractivity contribution in [2.45, 2.75) is 31.2 Å². The molecule has 1 unspecified atom stereocenters. The SMILES string of the molecule is Cc1ccc(NS(=O)(=O)c2cc(C(=O)N3c4ccccc4CC3C)ccc2Cl)cc1. The number of carbonyl (C=O) groups excluding carboxylic acids is 1. The van der Waals surface area contributed by atoms with E-state index in [1.807, 2.05) is 50.2 Å². The summed E-state index contributed by atoms with van der Waals surface area (Å²) in [6.45, 7) is 3.89. The highest BCUT2D eigenvalue weighted by atomic mass is 35.5. The molecule has 5 nitrogen and oxygen atoms in total. The van der Waals surface area contributed by atoms with Crippen molar-refractivity contribution in [2.75, 3.05) is 9.62 Å². The average molecular weight is 441 g/mol. The third-order valence-electron chi connectivity index (χ3n) is 5.20. The van der Waals surface area contributed by atoms with Gasteiger partial charge in [0.25, 0.3) is 15.9 Å². The zero-order valence-electron chi connectivity index (χ0n) is 16.6. The number of hydrogen-bond acceptors (Lipinski definition) is 3. The lowest BCUT2D eigenvalue weighted by atomic mass is 10.1. The summed E-state index contributed by atoms with van der Waals surface area (Å²) < 4.78 is 28.4. The summed E-state index contributed by atoms with van der Waals surface area (Å²) in [5.74, 6) is -0.254. The van der Waals surface area contributed by atoms with Gasteiger partial charge in [-0.25, -0.2) is 8.42 Å². The number of sulfonamides is 1. The first kappa shape index (κ1) is 20.4. The number of carbonyl (C=O) groups is 1. The monoisotopic (exact) mass is 440 g/mol. The van der Waals surface area contributed by atoms with E-state index in [1.165, 1.54) is 12.1 Å². The number of amides is 1. The third kappa shape index (κ3) is 3.80. The molecule has 4 rings (SSSR count). The van der Waals surface area contributed by atoms with Crippen molar-refractivity contribution < 1.29 is 13.2 Å². The largest absolute Gasteiger partial charge is 0.305 e. The van der Waals surface area contributed by atoms with Crippen LogP contribution in [0.3, 0.4) is 0 Å². The number of nitrogens with one attached hydrogen (secondary N) is 1. The summed E-state index contributed by atoms with van der Waals surface area (Å²) in [6, 6.07) is 19.1. The van der Waals surface area contributed by atoms with Crippen LogP contribution >= 0.6 is 11.6 Å². The molecule has 1 heterocycles. The van der Waals surface area contributed by atoms with Gasteiger partial charge < -0.3 is 4.90 Å². The van der Waals surface area contributed by atoms with E-state index in [9.17, 15) is 13.2 Å². The molecule has 30 heavy (non-hydrogen) atoms. The van der Waals surface area contributed by atoms with Gasteiger partial charge in [0, 0.05) is 23.0 Å². The zero-order valence-corrected chi connectivity index (χ0v) is 18.2. The first-order chi connectivity index (χ1) is 14.3. The summed E-state index contributed by atoms with van der Waals surface area (Å²) in [6.07, 6.45) is 0.760. The molecule has 0 saturated heterocycles. The Labute approximate surface area is 181 Å². The second-order valence-corrected chi connectivity index (χ2v) is 9.53. The molecule has 0 saturated carbocycles. The molecule has 3 aromatic rings. The number of hydrogen-bond donors (Lipinski definition) is 1. The van der Waals surface area contributed by atoms with Crippen LogP contribution in [-0.2, 0) is 16.4 Å². The number of halogens is 1. The van der Waals surface area contributed by atoms with E-state index >= 15 is 0 Å². The molecule has 0 spiro atoms. The van der Waals surface area contributed by atoms with Crippen LogP contribution in [0, 0.1) is 6.92 Å². The van der Waals surface area contributed by atoms with Crippen molar-refractivity contribution in [1.82, 2.24) is 0 Å². The van der Waals surface area contributed by atoms with Gasteiger partial charge in [0.1, 0.15) is 4.90 Å². The molecule has 0 aromatic heterocycles. The molecule has 1 aliphatic rings. The quantitative estimate of drug-likeness (QED) is 0.618. The topological polar surface area (TPSA) is 66.5 Å². The van der Waals surface area contributed by atoms with Crippen LogP contribution in [0.1, 0.15) is 28.4 Å². The molecular weight excluding hydrogens is 420 g/mol. The molecule has 0 bridgehead atoms. The summed E-state index contributed by atoms with van der Waals surface area (Å²) in [5, 5.41) is 0.0565. The second kappa shape index (κ2) is 7.78. The summed E-state index contributed by atoms with van der Waals surface area (Å²) in [5.41, 5.74) is 3.67. The van der Waals surface area contributed by atoms with Gasteiger partial charge in [-0.15, -0.1) is 0 Å². The van der Waals surface area contributed by atoms with Gasteiger partial charge in [0.15, 0.2) is 0 Å². The lowest BCUT2D eigenvalue weighted by Gasteiger charge is -2.23. The Balaban J connectivity index is 1.68. The Hall–Kier alpha value is -2.83. The molecule has 7 heteroatoms. The van der Waals surface area contributed by atoms with E-state index in [2.05, 4.69) is 4.72 Å². The Morgan fingerprint density at radius 1 is 1.07 bits per heavy atom. The van der Waals surface area contributed by atoms with Gasteiger partial charge in [0.05, 0.1) is 5.02 Å². The average Bonchev–Trinajstić information content (AvgIpc) is 3.05. The van der Waals surface area contributed by atoms with E-state index in [0.29, 0.717) is 5.69 Å². The highest BCUT2D eigenvalue weighted by Gasteiger charge is 2.32. The number of rotatable bonds is 4. The number of benzene rings is 3. The number of aryl methyl sites for hydroxylation is 1. The third-order valence-corrected chi connectivity index (χ3v) is 7.06. The fraction of sp³-hybridized carbons (Fsp3) is 0.174. The van der Waals surface area contributed by atoms with E-state index in [1.54, 1.807) is 23.1 Å². The normalized spacial score (nSPS) is 15.7. The van der Waals surface area contributed by atoms with Crippen molar-refractivity contribution in [3.63, 3.8) is 0 Å². The van der Waals surface area contributed by atoms with Crippen molar-refractivity contribution >= 4 is 38.9 Å². The molecule has 1 aliphatic heterocycles. The van der Waals surface area contributed by atoms with Crippen LogP contribution < -0.4 is 9.62 Å². The Morgan fingerprint density at radius 3 is 2.50 bits per heavy atom. The Bertz CT molecular complexity index is 1220. The highest BCUT2D eigenvalue weighted by Crippen LogP contribution is 2.34. The van der Waals surface area contributed by atoms with E-state index in [-0.39, 0.29) is 27.4 Å². The van der Waals surface area contributed by atoms with E-state index < -0.39 is 10.0 Å². The van der Waals surface area contributed by atoms with E-state index in [4.69, 9.17) is 11.6 Å². The van der Waals surface area contributed by atoms with Crippen LogP contribution in [0.25, 0.3) is 0 Å². The van der Waals surface area contributed by atoms with Crippen LogP contribution in [0.5, 0.6) is 0 Å². The molecule has 0 radical (unpaired) electrons. The molecule has 1 amide bonds. The van der Waals surface area contributed by atoms with Crippen LogP contribution in [-0.4, -0.2) is 20.4 Å². The molecule has 3 aromatic carbocycles. The summed E-state index contributed by atoms with van der Waals surface area (Å²) in [7, 11) is -3.96. The summed E-state index contributed by atoms with van der Waals surface area (Å²) >= 11 is 6.20. The standard InChI is InChI=1S/C23H21ClN2O3S/c1-15-7-10-19(11-8-15)25-30(28,29)22-14-18(9-12-20(22)24)23(27)26-16(2)13-17-5-3-4-6-21(17)26/h3-12,14,16,25H,13H2,1-2H3. The number of fused-ring (bicyclic) bond motifs is 1. The fourth-order valence-electron chi connectivity index (χ4n) is 3.69. The van der Waals surface area contributed by atoms with Gasteiger partial charge in [-0.1, -0.05) is 47.5 Å². The number of nitrogens with zero attached hydrogens (tertiary/aromatic N) is 1. The number of para-hydroxylation sites is 1. The van der Waals surface area contributed by atoms with Crippen molar-refractivity contribution in [3.8, 4) is 0 Å². The van der Waals surface area contributed by atoms with Crippen LogP contribution in [0.4, 0.5) is 11.4 Å². The van der Waals surface area contributed by atoms with Gasteiger partial charge in [-0.2, -0.15) is 0 Å². The van der Waals surface area contributed by atoms with Crippen LogP contribution in [0.15, 0.2) is 71.6 Å². The lowest BCUT2D eigenvalue weighted by molar-refractivity contribution is 0.0981. The molecule has 154 valence electrons. The maximum Gasteiger partial charge on any atom is 0.263 e. The van der Waals surface area contributed by atoms with E-state index in [0.717, 1.165) is 23.2 Å². The number of anilines is 2. The minimum absolute atomic E-state index is 0.0173. The maximum atomic E-state index is 13.3. The van der Waals surface area contributed by atoms with Gasteiger partial charge >= 0.3 is 0 Å². The zero-order chi connectivity index (χ0) is 21.5. The maximum absolute atomic E-state index is 13.3. The first-order valence-electron chi connectivity index (χ1n) is 9.57. The molecular formula is C23H21ClN2O3S. The Morgan fingerprint density at radius 2 is 1.77 bits per heavy atom. The van der Waals surface area contributed by atoms with Crippen molar-refractivity contribution in [3.05, 3.63) is 88.4 Å². The molecule has 1 N–H and O–H groups in total. The van der Waals surface area contributed by atoms with Gasteiger partial charge in [0.2, 0.25) is 0 Å². The second-order valence-electron chi connectivity index (χ2n) is 7.47. The predicted molar refractivity (Wildman–Crippen MR) is 120 cm³/mol. The Kier molecular flexibility index (Phi) is 5.30. The van der Waals surface area contributed by atoms with Crippen molar-refractivity contribution in [1.29, 1.82) is 0 Å². The smallest absolute Gasteiger partial charge is 0.263 e. The van der Waals surface area contributed by atoms with Gasteiger partial charge in [-0.05, 0) is 62.2 Å². The minimum Gasteiger partial charge on any atom is -0.305 e. The predicted octanol–water partition coefficient (Wildman–Crippen LogP) is 5.04. The fourth-order valence-corrected chi connectivity index (χ4v) is 5.27. The molecule has 1 atom stereocenters. The van der Waals surface area contributed by atoms with Crippen molar-refractivity contribution in [2.24, 2.45) is 0 Å². The first-order valence-corrected chi connectivity index (χ1v) is 11.4. The lowest BCUT2D eigenvalue weighted by Crippen LogP contribution is -2.35. The summed E-state index contributed by atoms with van der Waals surface area (Å²) in [4.78, 5) is 14.9.